The number of hydrogen-bond acceptors (Lipinski definition) is 3. The summed E-state index contributed by atoms with van der Waals surface area (Å²) in [5.74, 6) is 0.894. The third kappa shape index (κ3) is 2.49. The minimum atomic E-state index is 0.665. The van der Waals surface area contributed by atoms with Gasteiger partial charge in [0.05, 0.1) is 5.39 Å². The van der Waals surface area contributed by atoms with E-state index in [1.54, 1.807) is 0 Å². The van der Waals surface area contributed by atoms with E-state index in [0.29, 0.717) is 6.61 Å². The zero-order valence-corrected chi connectivity index (χ0v) is 11.7. The van der Waals surface area contributed by atoms with Crippen LogP contribution in [0.3, 0.4) is 0 Å². The van der Waals surface area contributed by atoms with Crippen LogP contribution in [0.15, 0.2) is 46.9 Å². The summed E-state index contributed by atoms with van der Waals surface area (Å²) in [4.78, 5) is 0. The Kier molecular flexibility index (Phi) is 3.88. The van der Waals surface area contributed by atoms with Crippen molar-refractivity contribution in [2.24, 2.45) is 0 Å². The Morgan fingerprint density at radius 3 is 2.75 bits per heavy atom. The molecule has 0 fully saturated rings. The van der Waals surface area contributed by atoms with Crippen LogP contribution in [-0.2, 0) is 0 Å². The van der Waals surface area contributed by atoms with Gasteiger partial charge in [0.2, 0.25) is 0 Å². The third-order valence-electron chi connectivity index (χ3n) is 3.33. The molecule has 0 saturated heterocycles. The van der Waals surface area contributed by atoms with Crippen molar-refractivity contribution in [2.45, 2.75) is 13.3 Å². The summed E-state index contributed by atoms with van der Waals surface area (Å²) in [7, 11) is 0. The standard InChI is InChI=1S/C17H19NO2/c1-2-10-18-11-12-19-15-8-5-9-16-17(15)13-6-3-4-7-14(13)20-16/h3-9,18H,2,10-12H2,1H3. The smallest absolute Gasteiger partial charge is 0.139 e. The minimum absolute atomic E-state index is 0.665. The van der Waals surface area contributed by atoms with Crippen LogP contribution in [0.25, 0.3) is 21.9 Å². The maximum atomic E-state index is 5.91. The van der Waals surface area contributed by atoms with E-state index in [-0.39, 0.29) is 0 Å². The number of furan rings is 1. The Bertz CT molecular complexity index is 702. The van der Waals surface area contributed by atoms with Crippen molar-refractivity contribution in [3.63, 3.8) is 0 Å². The van der Waals surface area contributed by atoms with Crippen LogP contribution in [0.4, 0.5) is 0 Å². The third-order valence-corrected chi connectivity index (χ3v) is 3.33. The molecule has 0 atom stereocenters. The fourth-order valence-electron chi connectivity index (χ4n) is 2.40. The van der Waals surface area contributed by atoms with E-state index in [0.717, 1.165) is 47.2 Å². The van der Waals surface area contributed by atoms with Crippen molar-refractivity contribution >= 4 is 21.9 Å². The average molecular weight is 269 g/mol. The molecule has 0 bridgehead atoms. The first-order valence-corrected chi connectivity index (χ1v) is 7.14. The van der Waals surface area contributed by atoms with Gasteiger partial charge in [-0.05, 0) is 31.2 Å². The second-order valence-corrected chi connectivity index (χ2v) is 4.83. The molecule has 0 spiro atoms. The molecule has 2 aromatic carbocycles. The van der Waals surface area contributed by atoms with Gasteiger partial charge in [-0.2, -0.15) is 0 Å². The minimum Gasteiger partial charge on any atom is -0.491 e. The van der Waals surface area contributed by atoms with Crippen molar-refractivity contribution in [3.05, 3.63) is 42.5 Å². The lowest BCUT2D eigenvalue weighted by atomic mass is 10.1. The first-order valence-electron chi connectivity index (χ1n) is 7.14. The Morgan fingerprint density at radius 2 is 1.85 bits per heavy atom. The Morgan fingerprint density at radius 1 is 1.00 bits per heavy atom. The SMILES string of the molecule is CCCNCCOc1cccc2oc3ccccc3c12. The van der Waals surface area contributed by atoms with Crippen LogP contribution < -0.4 is 10.1 Å². The zero-order chi connectivity index (χ0) is 13.8. The molecule has 1 heterocycles. The fourth-order valence-corrected chi connectivity index (χ4v) is 2.40. The number of hydrogen-bond donors (Lipinski definition) is 1. The summed E-state index contributed by atoms with van der Waals surface area (Å²) in [5, 5.41) is 5.51. The van der Waals surface area contributed by atoms with E-state index in [2.05, 4.69) is 18.3 Å². The molecule has 3 heteroatoms. The molecule has 0 amide bonds. The van der Waals surface area contributed by atoms with Crippen LogP contribution in [0, 0.1) is 0 Å². The van der Waals surface area contributed by atoms with E-state index in [9.17, 15) is 0 Å². The highest BCUT2D eigenvalue weighted by molar-refractivity contribution is 6.08. The van der Waals surface area contributed by atoms with Gasteiger partial charge in [0.1, 0.15) is 23.5 Å². The van der Waals surface area contributed by atoms with Gasteiger partial charge in [-0.15, -0.1) is 0 Å². The van der Waals surface area contributed by atoms with Gasteiger partial charge in [0.25, 0.3) is 0 Å². The Hall–Kier alpha value is -2.00. The van der Waals surface area contributed by atoms with Gasteiger partial charge in [0.15, 0.2) is 0 Å². The van der Waals surface area contributed by atoms with E-state index in [4.69, 9.17) is 9.15 Å². The van der Waals surface area contributed by atoms with Crippen LogP contribution in [0.1, 0.15) is 13.3 Å². The number of fused-ring (bicyclic) bond motifs is 3. The monoisotopic (exact) mass is 269 g/mol. The van der Waals surface area contributed by atoms with Gasteiger partial charge in [0, 0.05) is 11.9 Å². The highest BCUT2D eigenvalue weighted by Gasteiger charge is 2.10. The van der Waals surface area contributed by atoms with E-state index in [1.807, 2.05) is 36.4 Å². The molecule has 0 radical (unpaired) electrons. The second-order valence-electron chi connectivity index (χ2n) is 4.83. The molecule has 0 aliphatic heterocycles. The molecule has 0 unspecified atom stereocenters. The first kappa shape index (κ1) is 13.0. The molecule has 3 aromatic rings. The molecule has 20 heavy (non-hydrogen) atoms. The summed E-state index contributed by atoms with van der Waals surface area (Å²) < 4.78 is 11.8. The zero-order valence-electron chi connectivity index (χ0n) is 11.7. The molecular formula is C17H19NO2. The van der Waals surface area contributed by atoms with E-state index >= 15 is 0 Å². The maximum absolute atomic E-state index is 5.91. The van der Waals surface area contributed by atoms with Crippen molar-refractivity contribution in [1.82, 2.24) is 5.32 Å². The van der Waals surface area contributed by atoms with Crippen molar-refractivity contribution < 1.29 is 9.15 Å². The summed E-state index contributed by atoms with van der Waals surface area (Å²) in [5.41, 5.74) is 1.79. The van der Waals surface area contributed by atoms with Gasteiger partial charge in [-0.3, -0.25) is 0 Å². The topological polar surface area (TPSA) is 34.4 Å². The number of rotatable bonds is 6. The second kappa shape index (κ2) is 5.97. The van der Waals surface area contributed by atoms with Crippen molar-refractivity contribution in [3.8, 4) is 5.75 Å². The lowest BCUT2D eigenvalue weighted by molar-refractivity contribution is 0.318. The van der Waals surface area contributed by atoms with Gasteiger partial charge in [-0.1, -0.05) is 31.2 Å². The van der Waals surface area contributed by atoms with Crippen molar-refractivity contribution in [1.29, 1.82) is 0 Å². The van der Waals surface area contributed by atoms with Crippen LogP contribution in [0.2, 0.25) is 0 Å². The highest BCUT2D eigenvalue weighted by atomic mass is 16.5. The van der Waals surface area contributed by atoms with Gasteiger partial charge in [-0.25, -0.2) is 0 Å². The van der Waals surface area contributed by atoms with Gasteiger partial charge < -0.3 is 14.5 Å². The van der Waals surface area contributed by atoms with Gasteiger partial charge >= 0.3 is 0 Å². The quantitative estimate of drug-likeness (QED) is 0.688. The summed E-state index contributed by atoms with van der Waals surface area (Å²) in [6.45, 7) is 4.72. The first-order chi connectivity index (χ1) is 9.90. The Balaban J connectivity index is 1.86. The highest BCUT2D eigenvalue weighted by Crippen LogP contribution is 2.35. The molecule has 0 aliphatic carbocycles. The van der Waals surface area contributed by atoms with Crippen molar-refractivity contribution in [2.75, 3.05) is 19.7 Å². The molecular weight excluding hydrogens is 250 g/mol. The average Bonchev–Trinajstić information content (AvgIpc) is 2.86. The molecule has 104 valence electrons. The number of benzene rings is 2. The molecule has 1 aromatic heterocycles. The van der Waals surface area contributed by atoms with Crippen LogP contribution in [0.5, 0.6) is 5.75 Å². The maximum Gasteiger partial charge on any atom is 0.139 e. The molecule has 3 nitrogen and oxygen atoms in total. The summed E-state index contributed by atoms with van der Waals surface area (Å²) >= 11 is 0. The largest absolute Gasteiger partial charge is 0.491 e. The summed E-state index contributed by atoms with van der Waals surface area (Å²) in [6, 6.07) is 14.0. The van der Waals surface area contributed by atoms with E-state index < -0.39 is 0 Å². The fraction of sp³-hybridized carbons (Fsp3) is 0.294. The normalized spacial score (nSPS) is 11.2. The number of ether oxygens (including phenoxy) is 1. The molecule has 1 N–H and O–H groups in total. The summed E-state index contributed by atoms with van der Waals surface area (Å²) in [6.07, 6.45) is 1.14. The van der Waals surface area contributed by atoms with E-state index in [1.165, 1.54) is 0 Å². The lowest BCUT2D eigenvalue weighted by Gasteiger charge is -2.08. The lowest BCUT2D eigenvalue weighted by Crippen LogP contribution is -2.21. The predicted molar refractivity (Wildman–Crippen MR) is 82.4 cm³/mol. The molecule has 0 saturated carbocycles. The molecule has 3 rings (SSSR count). The van der Waals surface area contributed by atoms with Crippen LogP contribution >= 0.6 is 0 Å². The predicted octanol–water partition coefficient (Wildman–Crippen LogP) is 3.96. The molecule has 0 aliphatic rings. The van der Waals surface area contributed by atoms with Crippen LogP contribution in [-0.4, -0.2) is 19.7 Å². The Labute approximate surface area is 118 Å². The number of nitrogens with one attached hydrogen (secondary N) is 1. The number of para-hydroxylation sites is 1.